The highest BCUT2D eigenvalue weighted by atomic mass is 79.9. The third kappa shape index (κ3) is 4.13. The molecule has 5 heteroatoms. The molecule has 0 N–H and O–H groups in total. The number of carbonyl (C=O) groups excluding carboxylic acids is 1. The van der Waals surface area contributed by atoms with Gasteiger partial charge in [0.1, 0.15) is 0 Å². The van der Waals surface area contributed by atoms with Crippen LogP contribution in [0.3, 0.4) is 0 Å². The first-order chi connectivity index (χ1) is 8.19. The molecule has 0 atom stereocenters. The minimum atomic E-state index is -0.608. The van der Waals surface area contributed by atoms with E-state index >= 15 is 0 Å². The fraction of sp³-hybridized carbons (Fsp3) is 0.333. The molecule has 1 rings (SSSR count). The van der Waals surface area contributed by atoms with Crippen molar-refractivity contribution in [2.75, 3.05) is 6.61 Å². The predicted molar refractivity (Wildman–Crippen MR) is 67.7 cm³/mol. The highest BCUT2D eigenvalue weighted by molar-refractivity contribution is 9.10. The SMILES string of the molecule is CCCCOC(=O)C(=[N+]=[N-])c1ccc(Br)cc1. The number of benzene rings is 1. The maximum Gasteiger partial charge on any atom is 0.422 e. The summed E-state index contributed by atoms with van der Waals surface area (Å²) in [4.78, 5) is 14.6. The molecule has 1 aromatic carbocycles. The summed E-state index contributed by atoms with van der Waals surface area (Å²) in [7, 11) is 0. The molecule has 0 amide bonds. The second-order valence-electron chi connectivity index (χ2n) is 3.44. The number of rotatable bonds is 5. The van der Waals surface area contributed by atoms with Crippen molar-refractivity contribution in [3.63, 3.8) is 0 Å². The molecule has 0 aliphatic heterocycles. The Morgan fingerprint density at radius 1 is 1.41 bits per heavy atom. The third-order valence-electron chi connectivity index (χ3n) is 2.14. The Kier molecular flexibility index (Phi) is 5.60. The molecule has 0 heterocycles. The van der Waals surface area contributed by atoms with E-state index in [2.05, 4.69) is 20.7 Å². The van der Waals surface area contributed by atoms with E-state index in [0.717, 1.165) is 17.3 Å². The van der Waals surface area contributed by atoms with E-state index in [4.69, 9.17) is 10.3 Å². The molecule has 1 aromatic rings. The molecule has 0 fully saturated rings. The van der Waals surface area contributed by atoms with E-state index in [9.17, 15) is 4.79 Å². The Labute approximate surface area is 108 Å². The molecule has 0 aliphatic carbocycles. The molecule has 0 unspecified atom stereocenters. The number of hydrogen-bond donors (Lipinski definition) is 0. The smallest absolute Gasteiger partial charge is 0.422 e. The minimum Gasteiger partial charge on any atom is -0.457 e. The van der Waals surface area contributed by atoms with Gasteiger partial charge in [-0.25, -0.2) is 4.79 Å². The van der Waals surface area contributed by atoms with E-state index < -0.39 is 5.97 Å². The summed E-state index contributed by atoms with van der Waals surface area (Å²) in [5.41, 5.74) is 9.30. The van der Waals surface area contributed by atoms with Crippen LogP contribution in [0, 0.1) is 0 Å². The summed E-state index contributed by atoms with van der Waals surface area (Å²) in [5, 5.41) is 0. The molecule has 0 bridgehead atoms. The van der Waals surface area contributed by atoms with Gasteiger partial charge in [-0.05, 0) is 30.7 Å². The first-order valence-electron chi connectivity index (χ1n) is 5.34. The Bertz CT molecular complexity index is 436. The summed E-state index contributed by atoms with van der Waals surface area (Å²) >= 11 is 3.29. The molecule has 0 radical (unpaired) electrons. The van der Waals surface area contributed by atoms with Crippen LogP contribution in [0.4, 0.5) is 0 Å². The molecule has 0 aliphatic rings. The van der Waals surface area contributed by atoms with Crippen LogP contribution >= 0.6 is 15.9 Å². The first kappa shape index (κ1) is 13.6. The number of unbranched alkanes of at least 4 members (excludes halogenated alkanes) is 1. The van der Waals surface area contributed by atoms with Gasteiger partial charge in [0.2, 0.25) is 0 Å². The van der Waals surface area contributed by atoms with Gasteiger partial charge in [0.25, 0.3) is 0 Å². The van der Waals surface area contributed by atoms with Gasteiger partial charge in [-0.3, -0.25) is 0 Å². The molecule has 17 heavy (non-hydrogen) atoms. The van der Waals surface area contributed by atoms with E-state index in [1.54, 1.807) is 24.3 Å². The van der Waals surface area contributed by atoms with Crippen LogP contribution in [-0.2, 0) is 9.53 Å². The quantitative estimate of drug-likeness (QED) is 0.276. The fourth-order valence-corrected chi connectivity index (χ4v) is 1.47. The lowest BCUT2D eigenvalue weighted by atomic mass is 10.1. The van der Waals surface area contributed by atoms with Crippen LogP contribution in [0.1, 0.15) is 25.3 Å². The summed E-state index contributed by atoms with van der Waals surface area (Å²) in [5.74, 6) is -0.608. The Hall–Kier alpha value is -1.45. The standard InChI is InChI=1S/C12H13BrN2O2/c1-2-3-8-17-12(16)11(15-14)9-4-6-10(13)7-5-9/h4-7H,2-3,8H2,1H3. The molecule has 0 saturated heterocycles. The van der Waals surface area contributed by atoms with Crippen molar-refractivity contribution >= 4 is 27.6 Å². The van der Waals surface area contributed by atoms with Gasteiger partial charge in [-0.2, -0.15) is 4.79 Å². The number of esters is 1. The summed E-state index contributed by atoms with van der Waals surface area (Å²) < 4.78 is 5.87. The summed E-state index contributed by atoms with van der Waals surface area (Å²) in [6.45, 7) is 2.34. The molecule has 0 saturated carbocycles. The van der Waals surface area contributed by atoms with E-state index in [-0.39, 0.29) is 5.71 Å². The van der Waals surface area contributed by atoms with E-state index in [1.807, 2.05) is 6.92 Å². The van der Waals surface area contributed by atoms with Crippen molar-refractivity contribution in [1.29, 1.82) is 0 Å². The largest absolute Gasteiger partial charge is 0.457 e. The second-order valence-corrected chi connectivity index (χ2v) is 4.36. The topological polar surface area (TPSA) is 62.7 Å². The average molecular weight is 297 g/mol. The Balaban J connectivity index is 2.75. The zero-order valence-corrected chi connectivity index (χ0v) is 11.1. The van der Waals surface area contributed by atoms with Crippen molar-refractivity contribution < 1.29 is 14.3 Å². The molecule has 4 nitrogen and oxygen atoms in total. The lowest BCUT2D eigenvalue weighted by Gasteiger charge is -2.00. The zero-order valence-electron chi connectivity index (χ0n) is 9.52. The van der Waals surface area contributed by atoms with Gasteiger partial charge in [0.15, 0.2) is 0 Å². The van der Waals surface area contributed by atoms with Crippen LogP contribution in [0.15, 0.2) is 28.7 Å². The van der Waals surface area contributed by atoms with Crippen LogP contribution in [0.5, 0.6) is 0 Å². The van der Waals surface area contributed by atoms with Crippen LogP contribution in [0.2, 0.25) is 0 Å². The van der Waals surface area contributed by atoms with Crippen molar-refractivity contribution in [2.24, 2.45) is 0 Å². The number of nitrogens with zero attached hydrogens (tertiary/aromatic N) is 2. The lowest BCUT2D eigenvalue weighted by molar-refractivity contribution is -0.140. The molecule has 0 spiro atoms. The molecule has 90 valence electrons. The van der Waals surface area contributed by atoms with Crippen molar-refractivity contribution in [3.8, 4) is 0 Å². The van der Waals surface area contributed by atoms with Crippen molar-refractivity contribution in [1.82, 2.24) is 0 Å². The van der Waals surface area contributed by atoms with Gasteiger partial charge < -0.3 is 10.3 Å². The second kappa shape index (κ2) is 6.99. The van der Waals surface area contributed by atoms with Gasteiger partial charge in [0, 0.05) is 4.47 Å². The van der Waals surface area contributed by atoms with Gasteiger partial charge in [-0.1, -0.05) is 29.3 Å². The zero-order chi connectivity index (χ0) is 12.7. The predicted octanol–water partition coefficient (Wildman–Crippen LogP) is 2.81. The number of carbonyl (C=O) groups is 1. The maximum atomic E-state index is 11.6. The maximum absolute atomic E-state index is 11.6. The summed E-state index contributed by atoms with van der Waals surface area (Å²) in [6, 6.07) is 6.89. The minimum absolute atomic E-state index is 0.0754. The third-order valence-corrected chi connectivity index (χ3v) is 2.67. The number of hydrogen-bond acceptors (Lipinski definition) is 2. The van der Waals surface area contributed by atoms with Crippen molar-refractivity contribution in [3.05, 3.63) is 39.8 Å². The number of ether oxygens (including phenoxy) is 1. The van der Waals surface area contributed by atoms with Gasteiger partial charge in [-0.15, -0.1) is 0 Å². The van der Waals surface area contributed by atoms with E-state index in [1.165, 1.54) is 0 Å². The van der Waals surface area contributed by atoms with E-state index in [0.29, 0.717) is 12.2 Å². The van der Waals surface area contributed by atoms with Gasteiger partial charge in [0.05, 0.1) is 12.2 Å². The highest BCUT2D eigenvalue weighted by Gasteiger charge is 2.24. The van der Waals surface area contributed by atoms with Gasteiger partial charge >= 0.3 is 11.7 Å². The van der Waals surface area contributed by atoms with Crippen LogP contribution in [0.25, 0.3) is 5.53 Å². The Morgan fingerprint density at radius 3 is 2.59 bits per heavy atom. The Morgan fingerprint density at radius 2 is 2.06 bits per heavy atom. The van der Waals surface area contributed by atoms with Crippen LogP contribution in [-0.4, -0.2) is 23.1 Å². The van der Waals surface area contributed by atoms with Crippen molar-refractivity contribution in [2.45, 2.75) is 19.8 Å². The molecular weight excluding hydrogens is 284 g/mol. The normalized spacial score (nSPS) is 9.53. The average Bonchev–Trinajstić information content (AvgIpc) is 2.33. The highest BCUT2D eigenvalue weighted by Crippen LogP contribution is 2.11. The number of halogens is 1. The first-order valence-corrected chi connectivity index (χ1v) is 6.13. The molecule has 0 aromatic heterocycles. The lowest BCUT2D eigenvalue weighted by Crippen LogP contribution is -2.20. The van der Waals surface area contributed by atoms with Crippen LogP contribution < -0.4 is 0 Å². The summed E-state index contributed by atoms with van der Waals surface area (Å²) in [6.07, 6.45) is 1.74. The molecular formula is C12H13BrN2O2. The monoisotopic (exact) mass is 296 g/mol. The fourth-order valence-electron chi connectivity index (χ4n) is 1.20.